The third-order valence-corrected chi connectivity index (χ3v) is 4.18. The number of rotatable bonds is 5. The second kappa shape index (κ2) is 8.15. The molecule has 5 nitrogen and oxygen atoms in total. The van der Waals surface area contributed by atoms with Crippen LogP contribution in [0.5, 0.6) is 0 Å². The van der Waals surface area contributed by atoms with Crippen LogP contribution in [0.15, 0.2) is 18.2 Å². The Morgan fingerprint density at radius 1 is 1.18 bits per heavy atom. The van der Waals surface area contributed by atoms with Crippen LogP contribution in [0.4, 0.5) is 11.4 Å². The number of halogens is 1. The predicted octanol–water partition coefficient (Wildman–Crippen LogP) is 3.15. The zero-order valence-corrected chi connectivity index (χ0v) is 13.3. The maximum Gasteiger partial charge on any atom is 0.227 e. The number of nitrogens with two attached hydrogens (primary N) is 1. The highest BCUT2D eigenvalue weighted by Crippen LogP contribution is 2.29. The highest BCUT2D eigenvalue weighted by molar-refractivity contribution is 6.33. The fraction of sp³-hybridized carbons (Fsp3) is 0.500. The molecule has 0 bridgehead atoms. The summed E-state index contributed by atoms with van der Waals surface area (Å²) in [6.07, 6.45) is 5.51. The first-order chi connectivity index (χ1) is 10.6. The Morgan fingerprint density at radius 3 is 2.59 bits per heavy atom. The van der Waals surface area contributed by atoms with E-state index in [9.17, 15) is 9.59 Å². The standard InChI is InChI=1S/C16H22ClN3O2/c17-13-7-6-12(19-15(21)8-9-18)10-14(13)20-16(22)11-4-2-1-3-5-11/h6-7,10-11H,1-5,8-9,18H2,(H,19,21)(H,20,22). The Kier molecular flexibility index (Phi) is 6.21. The molecule has 22 heavy (non-hydrogen) atoms. The number of benzene rings is 1. The highest BCUT2D eigenvalue weighted by Gasteiger charge is 2.21. The molecule has 0 heterocycles. The Hall–Kier alpha value is -1.59. The van der Waals surface area contributed by atoms with Crippen LogP contribution in [0.25, 0.3) is 0 Å². The summed E-state index contributed by atoms with van der Waals surface area (Å²) in [7, 11) is 0. The lowest BCUT2D eigenvalue weighted by Gasteiger charge is -2.21. The van der Waals surface area contributed by atoms with Gasteiger partial charge in [0.15, 0.2) is 0 Å². The summed E-state index contributed by atoms with van der Waals surface area (Å²) in [4.78, 5) is 23.8. The number of carbonyl (C=O) groups excluding carboxylic acids is 2. The minimum absolute atomic E-state index is 0.00651. The number of anilines is 2. The van der Waals surface area contributed by atoms with Crippen molar-refractivity contribution in [2.45, 2.75) is 38.5 Å². The van der Waals surface area contributed by atoms with E-state index in [-0.39, 0.29) is 24.2 Å². The number of hydrogen-bond acceptors (Lipinski definition) is 3. The van der Waals surface area contributed by atoms with Crippen molar-refractivity contribution in [2.24, 2.45) is 11.7 Å². The molecule has 120 valence electrons. The molecule has 2 amide bonds. The zero-order valence-electron chi connectivity index (χ0n) is 12.5. The first kappa shape index (κ1) is 16.8. The van der Waals surface area contributed by atoms with E-state index in [0.717, 1.165) is 25.7 Å². The summed E-state index contributed by atoms with van der Waals surface area (Å²) < 4.78 is 0. The normalized spacial score (nSPS) is 15.4. The molecular formula is C16H22ClN3O2. The smallest absolute Gasteiger partial charge is 0.227 e. The van der Waals surface area contributed by atoms with Crippen LogP contribution in [-0.4, -0.2) is 18.4 Å². The Labute approximate surface area is 135 Å². The van der Waals surface area contributed by atoms with Gasteiger partial charge in [0.25, 0.3) is 0 Å². The average Bonchev–Trinajstić information content (AvgIpc) is 2.51. The average molecular weight is 324 g/mol. The second-order valence-electron chi connectivity index (χ2n) is 5.61. The molecule has 1 fully saturated rings. The fourth-order valence-electron chi connectivity index (χ4n) is 2.65. The molecule has 0 atom stereocenters. The SMILES string of the molecule is NCCC(=O)Nc1ccc(Cl)c(NC(=O)C2CCCCC2)c1. The van der Waals surface area contributed by atoms with E-state index in [1.807, 2.05) is 0 Å². The van der Waals surface area contributed by atoms with E-state index in [2.05, 4.69) is 10.6 Å². The van der Waals surface area contributed by atoms with Crippen molar-refractivity contribution < 1.29 is 9.59 Å². The van der Waals surface area contributed by atoms with Gasteiger partial charge < -0.3 is 16.4 Å². The largest absolute Gasteiger partial charge is 0.330 e. The monoisotopic (exact) mass is 323 g/mol. The Balaban J connectivity index is 2.02. The van der Waals surface area contributed by atoms with Gasteiger partial charge in [0.2, 0.25) is 11.8 Å². The van der Waals surface area contributed by atoms with Crippen molar-refractivity contribution >= 4 is 34.8 Å². The van der Waals surface area contributed by atoms with Crippen LogP contribution in [0.1, 0.15) is 38.5 Å². The molecular weight excluding hydrogens is 302 g/mol. The molecule has 0 saturated heterocycles. The van der Waals surface area contributed by atoms with Gasteiger partial charge >= 0.3 is 0 Å². The molecule has 1 aliphatic rings. The highest BCUT2D eigenvalue weighted by atomic mass is 35.5. The number of carbonyl (C=O) groups is 2. The van der Waals surface area contributed by atoms with Gasteiger partial charge in [-0.1, -0.05) is 30.9 Å². The molecule has 0 aromatic heterocycles. The van der Waals surface area contributed by atoms with Gasteiger partial charge in [-0.2, -0.15) is 0 Å². The minimum atomic E-state index is -0.158. The van der Waals surface area contributed by atoms with Crippen LogP contribution in [-0.2, 0) is 9.59 Å². The van der Waals surface area contributed by atoms with E-state index < -0.39 is 0 Å². The number of nitrogens with one attached hydrogen (secondary N) is 2. The lowest BCUT2D eigenvalue weighted by atomic mass is 9.88. The third-order valence-electron chi connectivity index (χ3n) is 3.86. The summed E-state index contributed by atoms with van der Waals surface area (Å²) in [5.41, 5.74) is 6.48. The summed E-state index contributed by atoms with van der Waals surface area (Å²) >= 11 is 6.13. The fourth-order valence-corrected chi connectivity index (χ4v) is 2.82. The van der Waals surface area contributed by atoms with Gasteiger partial charge in [0.1, 0.15) is 0 Å². The van der Waals surface area contributed by atoms with Crippen molar-refractivity contribution in [1.82, 2.24) is 0 Å². The van der Waals surface area contributed by atoms with Gasteiger partial charge in [-0.15, -0.1) is 0 Å². The first-order valence-corrected chi connectivity index (χ1v) is 8.08. The maximum absolute atomic E-state index is 12.3. The Morgan fingerprint density at radius 2 is 1.91 bits per heavy atom. The molecule has 1 saturated carbocycles. The van der Waals surface area contributed by atoms with Crippen LogP contribution < -0.4 is 16.4 Å². The molecule has 4 N–H and O–H groups in total. The topological polar surface area (TPSA) is 84.2 Å². The molecule has 1 aromatic carbocycles. The molecule has 2 rings (SSSR count). The Bertz CT molecular complexity index is 542. The van der Waals surface area contributed by atoms with Crippen molar-refractivity contribution in [3.8, 4) is 0 Å². The van der Waals surface area contributed by atoms with Crippen LogP contribution in [0.2, 0.25) is 5.02 Å². The maximum atomic E-state index is 12.3. The van der Waals surface area contributed by atoms with Gasteiger partial charge in [0.05, 0.1) is 10.7 Å². The first-order valence-electron chi connectivity index (χ1n) is 7.70. The molecule has 1 aliphatic carbocycles. The van der Waals surface area contributed by atoms with Gasteiger partial charge in [-0.25, -0.2) is 0 Å². The number of hydrogen-bond donors (Lipinski definition) is 3. The molecule has 1 aromatic rings. The quantitative estimate of drug-likeness (QED) is 0.778. The van der Waals surface area contributed by atoms with Gasteiger partial charge in [-0.05, 0) is 31.0 Å². The van der Waals surface area contributed by atoms with Crippen molar-refractivity contribution in [3.05, 3.63) is 23.2 Å². The predicted molar refractivity (Wildman–Crippen MR) is 89.0 cm³/mol. The lowest BCUT2D eigenvalue weighted by molar-refractivity contribution is -0.120. The zero-order chi connectivity index (χ0) is 15.9. The van der Waals surface area contributed by atoms with E-state index in [0.29, 0.717) is 22.9 Å². The molecule has 0 unspecified atom stereocenters. The van der Waals surface area contributed by atoms with Crippen LogP contribution >= 0.6 is 11.6 Å². The van der Waals surface area contributed by atoms with Crippen molar-refractivity contribution in [1.29, 1.82) is 0 Å². The summed E-state index contributed by atoms with van der Waals surface area (Å²) in [6, 6.07) is 5.04. The third kappa shape index (κ3) is 4.71. The minimum Gasteiger partial charge on any atom is -0.330 e. The second-order valence-corrected chi connectivity index (χ2v) is 6.01. The van der Waals surface area contributed by atoms with E-state index in [1.54, 1.807) is 18.2 Å². The van der Waals surface area contributed by atoms with Gasteiger partial charge in [0, 0.05) is 24.6 Å². The van der Waals surface area contributed by atoms with Crippen molar-refractivity contribution in [2.75, 3.05) is 17.2 Å². The molecule has 0 radical (unpaired) electrons. The van der Waals surface area contributed by atoms with Crippen LogP contribution in [0, 0.1) is 5.92 Å². The molecule has 6 heteroatoms. The van der Waals surface area contributed by atoms with E-state index >= 15 is 0 Å². The molecule has 0 aliphatic heterocycles. The summed E-state index contributed by atoms with van der Waals surface area (Å²) in [6.45, 7) is 0.296. The lowest BCUT2D eigenvalue weighted by Crippen LogP contribution is -2.25. The summed E-state index contributed by atoms with van der Waals surface area (Å²) in [5.74, 6) is -0.0956. The van der Waals surface area contributed by atoms with E-state index in [4.69, 9.17) is 17.3 Å². The van der Waals surface area contributed by atoms with Crippen molar-refractivity contribution in [3.63, 3.8) is 0 Å². The number of amides is 2. The van der Waals surface area contributed by atoms with Crippen LogP contribution in [0.3, 0.4) is 0 Å². The van der Waals surface area contributed by atoms with E-state index in [1.165, 1.54) is 6.42 Å². The molecule has 0 spiro atoms. The summed E-state index contributed by atoms with van der Waals surface area (Å²) in [5, 5.41) is 6.07. The van der Waals surface area contributed by atoms with Gasteiger partial charge in [-0.3, -0.25) is 9.59 Å².